The Morgan fingerprint density at radius 1 is 1.00 bits per heavy atom. The first-order valence-electron chi connectivity index (χ1n) is 10.8. The zero-order chi connectivity index (χ0) is 24.9. The van der Waals surface area contributed by atoms with E-state index >= 15 is 0 Å². The molecule has 4 N–H and O–H groups in total. The van der Waals surface area contributed by atoms with Crippen molar-refractivity contribution in [2.75, 3.05) is 26.2 Å². The molecule has 0 bridgehead atoms. The van der Waals surface area contributed by atoms with E-state index in [-0.39, 0.29) is 39.3 Å². The molecule has 4 atom stereocenters. The molecular formula is C22H28F4N2O5S. The Kier molecular flexibility index (Phi) is 9.38. The lowest BCUT2D eigenvalue weighted by Crippen LogP contribution is -2.43. The van der Waals surface area contributed by atoms with Gasteiger partial charge in [0.15, 0.2) is 0 Å². The van der Waals surface area contributed by atoms with Crippen LogP contribution < -0.4 is 0 Å². The lowest BCUT2D eigenvalue weighted by atomic mass is 10.1. The summed E-state index contributed by atoms with van der Waals surface area (Å²) < 4.78 is 60.6. The SMILES string of the molecule is O[C@H]1[C@H](O)[C@@H](O)CN(CCC(F)(F)CCCOCc2csc(-c3cc(F)cc(F)c3)n2)C[C@@H]1O. The van der Waals surface area contributed by atoms with Crippen molar-refractivity contribution in [3.8, 4) is 10.6 Å². The lowest BCUT2D eigenvalue weighted by Gasteiger charge is -2.25. The molecule has 1 saturated heterocycles. The van der Waals surface area contributed by atoms with E-state index in [0.717, 1.165) is 6.07 Å². The minimum Gasteiger partial charge on any atom is -0.389 e. The largest absolute Gasteiger partial charge is 0.389 e. The molecule has 2 aromatic rings. The summed E-state index contributed by atoms with van der Waals surface area (Å²) in [6.45, 7) is -0.243. The highest BCUT2D eigenvalue weighted by Gasteiger charge is 2.37. The van der Waals surface area contributed by atoms with Crippen LogP contribution in [0.3, 0.4) is 0 Å². The summed E-state index contributed by atoms with van der Waals surface area (Å²) in [5.41, 5.74) is 0.834. The first-order valence-corrected chi connectivity index (χ1v) is 11.7. The standard InChI is InChI=1S/C22H28F4N2O5S/c23-14-6-13(7-15(24)8-14)21-27-16(12-34-21)11-33-5-1-2-22(25,26)3-4-28-9-17(29)19(31)20(32)18(30)10-28/h6-8,12,17-20,29-32H,1-5,9-11H2/t17-,18-,19+,20+/m0/s1. The molecule has 190 valence electrons. The Hall–Kier alpha value is -1.67. The van der Waals surface area contributed by atoms with Gasteiger partial charge in [-0.15, -0.1) is 11.3 Å². The van der Waals surface area contributed by atoms with Crippen molar-refractivity contribution in [2.24, 2.45) is 0 Å². The molecule has 0 saturated carbocycles. The highest BCUT2D eigenvalue weighted by Crippen LogP contribution is 2.27. The van der Waals surface area contributed by atoms with Gasteiger partial charge in [0.25, 0.3) is 0 Å². The van der Waals surface area contributed by atoms with Crippen LogP contribution in [0.4, 0.5) is 17.6 Å². The summed E-state index contributed by atoms with van der Waals surface area (Å²) in [4.78, 5) is 5.64. The Morgan fingerprint density at radius 2 is 1.62 bits per heavy atom. The zero-order valence-corrected chi connectivity index (χ0v) is 19.1. The van der Waals surface area contributed by atoms with E-state index in [1.807, 2.05) is 0 Å². The van der Waals surface area contributed by atoms with Gasteiger partial charge in [0, 0.05) is 56.1 Å². The molecule has 34 heavy (non-hydrogen) atoms. The number of ether oxygens (including phenoxy) is 1. The molecule has 2 heterocycles. The average Bonchev–Trinajstić information content (AvgIpc) is 3.21. The number of likely N-dealkylation sites (tertiary alicyclic amines) is 1. The first-order chi connectivity index (χ1) is 16.0. The van der Waals surface area contributed by atoms with E-state index in [1.165, 1.54) is 28.4 Å². The molecule has 3 rings (SSSR count). The molecule has 1 fully saturated rings. The van der Waals surface area contributed by atoms with Crippen molar-refractivity contribution in [1.82, 2.24) is 9.88 Å². The van der Waals surface area contributed by atoms with Crippen LogP contribution in [-0.4, -0.2) is 86.9 Å². The van der Waals surface area contributed by atoms with Crippen LogP contribution in [0.1, 0.15) is 25.0 Å². The second-order valence-electron chi connectivity index (χ2n) is 8.44. The number of benzene rings is 1. The van der Waals surface area contributed by atoms with E-state index < -0.39 is 54.8 Å². The molecule has 1 aromatic heterocycles. The fraction of sp³-hybridized carbons (Fsp3) is 0.591. The van der Waals surface area contributed by atoms with Crippen molar-refractivity contribution in [2.45, 2.75) is 56.2 Å². The number of hydrogen-bond acceptors (Lipinski definition) is 8. The summed E-state index contributed by atoms with van der Waals surface area (Å²) in [6, 6.07) is 3.12. The molecule has 1 aromatic carbocycles. The number of hydrogen-bond donors (Lipinski definition) is 4. The fourth-order valence-electron chi connectivity index (χ4n) is 3.70. The summed E-state index contributed by atoms with van der Waals surface area (Å²) in [6.07, 6.45) is -6.63. The Bertz CT molecular complexity index is 898. The van der Waals surface area contributed by atoms with Gasteiger partial charge < -0.3 is 25.2 Å². The van der Waals surface area contributed by atoms with Gasteiger partial charge in [0.1, 0.15) is 28.8 Å². The second-order valence-corrected chi connectivity index (χ2v) is 9.30. The average molecular weight is 509 g/mol. The third-order valence-corrected chi connectivity index (χ3v) is 6.51. The van der Waals surface area contributed by atoms with Gasteiger partial charge in [0.05, 0.1) is 24.5 Å². The second kappa shape index (κ2) is 11.8. The lowest BCUT2D eigenvalue weighted by molar-refractivity contribution is -0.0894. The number of aliphatic hydroxyl groups excluding tert-OH is 4. The van der Waals surface area contributed by atoms with Crippen LogP contribution in [0.15, 0.2) is 23.6 Å². The smallest absolute Gasteiger partial charge is 0.249 e. The van der Waals surface area contributed by atoms with Crippen molar-refractivity contribution >= 4 is 11.3 Å². The number of aromatic nitrogens is 1. The summed E-state index contributed by atoms with van der Waals surface area (Å²) in [7, 11) is 0. The van der Waals surface area contributed by atoms with Gasteiger partial charge in [-0.25, -0.2) is 22.5 Å². The number of aliphatic hydroxyl groups is 4. The van der Waals surface area contributed by atoms with E-state index in [4.69, 9.17) is 4.74 Å². The molecule has 0 radical (unpaired) electrons. The molecule has 7 nitrogen and oxygen atoms in total. The molecule has 1 aliphatic rings. The Labute approximate surface area is 198 Å². The molecule has 12 heteroatoms. The van der Waals surface area contributed by atoms with Gasteiger partial charge in [-0.1, -0.05) is 0 Å². The maximum Gasteiger partial charge on any atom is 0.249 e. The quantitative estimate of drug-likeness (QED) is 0.288. The highest BCUT2D eigenvalue weighted by molar-refractivity contribution is 7.13. The van der Waals surface area contributed by atoms with Crippen LogP contribution in [0.2, 0.25) is 0 Å². The number of β-amino-alcohol motifs (C(OH)–C–C–N with tert-alkyl or cyclic N) is 2. The van der Waals surface area contributed by atoms with E-state index in [2.05, 4.69) is 4.98 Å². The van der Waals surface area contributed by atoms with Gasteiger partial charge in [-0.05, 0) is 18.6 Å². The van der Waals surface area contributed by atoms with E-state index in [0.29, 0.717) is 16.3 Å². The summed E-state index contributed by atoms with van der Waals surface area (Å²) >= 11 is 1.19. The maximum absolute atomic E-state index is 14.3. The third-order valence-electron chi connectivity index (χ3n) is 5.57. The minimum absolute atomic E-state index is 0.0660. The van der Waals surface area contributed by atoms with Crippen LogP contribution >= 0.6 is 11.3 Å². The van der Waals surface area contributed by atoms with Crippen molar-refractivity contribution in [1.29, 1.82) is 0 Å². The minimum atomic E-state index is -3.00. The van der Waals surface area contributed by atoms with Crippen molar-refractivity contribution < 1.29 is 42.7 Å². The van der Waals surface area contributed by atoms with Crippen LogP contribution in [0.25, 0.3) is 10.6 Å². The van der Waals surface area contributed by atoms with Crippen molar-refractivity contribution in [3.63, 3.8) is 0 Å². The number of halogens is 4. The molecule has 1 aliphatic heterocycles. The molecular weight excluding hydrogens is 480 g/mol. The number of thiazole rings is 1. The van der Waals surface area contributed by atoms with Crippen LogP contribution in [0.5, 0.6) is 0 Å². The fourth-order valence-corrected chi connectivity index (χ4v) is 4.49. The molecule has 0 amide bonds. The van der Waals surface area contributed by atoms with Crippen LogP contribution in [-0.2, 0) is 11.3 Å². The van der Waals surface area contributed by atoms with Gasteiger partial charge in [-0.3, -0.25) is 4.90 Å². The molecule has 0 spiro atoms. The number of alkyl halides is 2. The van der Waals surface area contributed by atoms with Gasteiger partial charge in [-0.2, -0.15) is 0 Å². The topological polar surface area (TPSA) is 106 Å². The summed E-state index contributed by atoms with van der Waals surface area (Å²) in [5, 5.41) is 41.1. The van der Waals surface area contributed by atoms with E-state index in [1.54, 1.807) is 5.38 Å². The van der Waals surface area contributed by atoms with E-state index in [9.17, 15) is 38.0 Å². The van der Waals surface area contributed by atoms with Gasteiger partial charge >= 0.3 is 0 Å². The third kappa shape index (κ3) is 7.67. The van der Waals surface area contributed by atoms with Crippen LogP contribution in [0, 0.1) is 11.6 Å². The predicted molar refractivity (Wildman–Crippen MR) is 116 cm³/mol. The number of nitrogens with zero attached hydrogens (tertiary/aromatic N) is 2. The highest BCUT2D eigenvalue weighted by atomic mass is 32.1. The monoisotopic (exact) mass is 508 g/mol. The molecule has 0 aliphatic carbocycles. The first kappa shape index (κ1) is 26.9. The predicted octanol–water partition coefficient (Wildman–Crippen LogP) is 2.17. The molecule has 0 unspecified atom stereocenters. The maximum atomic E-state index is 14.3. The zero-order valence-electron chi connectivity index (χ0n) is 18.3. The van der Waals surface area contributed by atoms with Gasteiger partial charge in [0.2, 0.25) is 5.92 Å². The normalized spacial score (nSPS) is 24.4. The summed E-state index contributed by atoms with van der Waals surface area (Å²) in [5.74, 6) is -4.41. The number of rotatable bonds is 10. The Morgan fingerprint density at radius 3 is 2.24 bits per heavy atom. The Balaban J connectivity index is 1.38. The van der Waals surface area contributed by atoms with Crippen molar-refractivity contribution in [3.05, 3.63) is 40.9 Å².